The lowest BCUT2D eigenvalue weighted by atomic mass is 9.83. The van der Waals surface area contributed by atoms with Crippen molar-refractivity contribution in [2.24, 2.45) is 0 Å². The van der Waals surface area contributed by atoms with Gasteiger partial charge in [-0.2, -0.15) is 0 Å². The van der Waals surface area contributed by atoms with Gasteiger partial charge in [-0.15, -0.1) is 0 Å². The van der Waals surface area contributed by atoms with Gasteiger partial charge in [0.15, 0.2) is 0 Å². The molecule has 5 rings (SSSR count). The SMILES string of the molecule is O[C@H]1CC[C@H](c2cnc(OC3CCOCC3)c3cnc(N[C@H]4CCNC4)nc32)CC1. The number of nitrogens with one attached hydrogen (secondary N) is 2. The fourth-order valence-electron chi connectivity index (χ4n) is 4.78. The summed E-state index contributed by atoms with van der Waals surface area (Å²) in [6.45, 7) is 3.41. The first kappa shape index (κ1) is 19.9. The molecule has 2 aliphatic heterocycles. The smallest absolute Gasteiger partial charge is 0.224 e. The van der Waals surface area contributed by atoms with Crippen LogP contribution in [-0.4, -0.2) is 64.6 Å². The first-order valence-corrected chi connectivity index (χ1v) is 11.3. The molecule has 0 unspecified atom stereocenters. The molecule has 3 fully saturated rings. The lowest BCUT2D eigenvalue weighted by Crippen LogP contribution is -2.26. The highest BCUT2D eigenvalue weighted by atomic mass is 16.5. The number of anilines is 1. The Kier molecular flexibility index (Phi) is 5.97. The molecule has 4 heterocycles. The van der Waals surface area contributed by atoms with Crippen LogP contribution in [-0.2, 0) is 4.74 Å². The van der Waals surface area contributed by atoms with Gasteiger partial charge >= 0.3 is 0 Å². The number of nitrogens with zero attached hydrogens (tertiary/aromatic N) is 3. The topological polar surface area (TPSA) is 101 Å². The van der Waals surface area contributed by atoms with E-state index in [0.29, 0.717) is 23.8 Å². The molecule has 0 bridgehead atoms. The largest absolute Gasteiger partial charge is 0.474 e. The lowest BCUT2D eigenvalue weighted by Gasteiger charge is -2.27. The Balaban J connectivity index is 1.47. The zero-order valence-corrected chi connectivity index (χ0v) is 17.3. The highest BCUT2D eigenvalue weighted by Crippen LogP contribution is 2.38. The van der Waals surface area contributed by atoms with Gasteiger partial charge in [0.25, 0.3) is 0 Å². The van der Waals surface area contributed by atoms with Gasteiger partial charge in [0.1, 0.15) is 6.10 Å². The van der Waals surface area contributed by atoms with E-state index in [0.717, 1.165) is 87.7 Å². The average molecular weight is 414 g/mol. The number of hydrogen-bond acceptors (Lipinski definition) is 8. The van der Waals surface area contributed by atoms with E-state index in [4.69, 9.17) is 19.4 Å². The Morgan fingerprint density at radius 2 is 1.87 bits per heavy atom. The predicted octanol–water partition coefficient (Wildman–Crippen LogP) is 2.37. The molecule has 162 valence electrons. The monoisotopic (exact) mass is 413 g/mol. The summed E-state index contributed by atoms with van der Waals surface area (Å²) in [7, 11) is 0. The molecule has 30 heavy (non-hydrogen) atoms. The summed E-state index contributed by atoms with van der Waals surface area (Å²) < 4.78 is 11.7. The summed E-state index contributed by atoms with van der Waals surface area (Å²) in [5.41, 5.74) is 2.07. The van der Waals surface area contributed by atoms with Crippen LogP contribution in [0.3, 0.4) is 0 Å². The number of aromatic nitrogens is 3. The first-order chi connectivity index (χ1) is 14.8. The first-order valence-electron chi connectivity index (χ1n) is 11.3. The zero-order valence-electron chi connectivity index (χ0n) is 17.3. The number of ether oxygens (including phenoxy) is 2. The quantitative estimate of drug-likeness (QED) is 0.687. The Hall–Kier alpha value is -2.03. The number of aliphatic hydroxyl groups excluding tert-OH is 1. The fraction of sp³-hybridized carbons (Fsp3) is 0.682. The average Bonchev–Trinajstić information content (AvgIpc) is 3.28. The van der Waals surface area contributed by atoms with E-state index in [9.17, 15) is 5.11 Å². The molecule has 2 aromatic rings. The van der Waals surface area contributed by atoms with Crippen LogP contribution in [0, 0.1) is 0 Å². The van der Waals surface area contributed by atoms with Crippen molar-refractivity contribution in [2.45, 2.75) is 69.1 Å². The number of fused-ring (bicyclic) bond motifs is 1. The molecule has 0 aromatic carbocycles. The normalized spacial score (nSPS) is 28.0. The minimum atomic E-state index is -0.182. The molecule has 8 nitrogen and oxygen atoms in total. The van der Waals surface area contributed by atoms with Crippen molar-refractivity contribution in [3.63, 3.8) is 0 Å². The van der Waals surface area contributed by atoms with Crippen molar-refractivity contribution in [3.05, 3.63) is 18.0 Å². The van der Waals surface area contributed by atoms with Gasteiger partial charge in [-0.05, 0) is 44.6 Å². The third-order valence-electron chi connectivity index (χ3n) is 6.59. The van der Waals surface area contributed by atoms with Crippen LogP contribution in [0.4, 0.5) is 5.95 Å². The van der Waals surface area contributed by atoms with Gasteiger partial charge in [0, 0.05) is 43.4 Å². The summed E-state index contributed by atoms with van der Waals surface area (Å²) >= 11 is 0. The van der Waals surface area contributed by atoms with Crippen LogP contribution < -0.4 is 15.4 Å². The standard InChI is InChI=1S/C22H31N5O3/c28-16-3-1-14(2-4-16)18-12-24-21(30-17-6-9-29-10-7-17)19-13-25-22(27-20(18)19)26-15-5-8-23-11-15/h12-17,23,28H,1-11H2,(H,25,26,27)/t14-,15-,16-/m0/s1. The second-order valence-electron chi connectivity index (χ2n) is 8.74. The molecule has 3 N–H and O–H groups in total. The number of hydrogen-bond donors (Lipinski definition) is 3. The van der Waals surface area contributed by atoms with Gasteiger partial charge < -0.3 is 25.2 Å². The van der Waals surface area contributed by atoms with E-state index in [1.807, 2.05) is 12.4 Å². The predicted molar refractivity (Wildman–Crippen MR) is 114 cm³/mol. The van der Waals surface area contributed by atoms with Gasteiger partial charge in [-0.3, -0.25) is 0 Å². The Labute approximate surface area is 176 Å². The fourth-order valence-corrected chi connectivity index (χ4v) is 4.78. The molecule has 0 spiro atoms. The molecule has 8 heteroatoms. The summed E-state index contributed by atoms with van der Waals surface area (Å²) in [6, 6.07) is 0.357. The molecule has 0 radical (unpaired) electrons. The Morgan fingerprint density at radius 3 is 2.63 bits per heavy atom. The van der Waals surface area contributed by atoms with Crippen molar-refractivity contribution in [1.29, 1.82) is 0 Å². The summed E-state index contributed by atoms with van der Waals surface area (Å²) in [4.78, 5) is 14.2. The van der Waals surface area contributed by atoms with Crippen molar-refractivity contribution >= 4 is 16.9 Å². The minimum absolute atomic E-state index is 0.118. The highest BCUT2D eigenvalue weighted by Gasteiger charge is 2.26. The van der Waals surface area contributed by atoms with Crippen molar-refractivity contribution in [2.75, 3.05) is 31.6 Å². The van der Waals surface area contributed by atoms with Gasteiger partial charge in [-0.1, -0.05) is 0 Å². The van der Waals surface area contributed by atoms with E-state index in [-0.39, 0.29) is 12.2 Å². The molecular weight excluding hydrogens is 382 g/mol. The summed E-state index contributed by atoms with van der Waals surface area (Å²) in [5.74, 6) is 1.64. The maximum atomic E-state index is 9.93. The minimum Gasteiger partial charge on any atom is -0.474 e. The summed E-state index contributed by atoms with van der Waals surface area (Å²) in [6.07, 6.45) is 10.1. The molecule has 2 saturated heterocycles. The van der Waals surface area contributed by atoms with Crippen molar-refractivity contribution < 1.29 is 14.6 Å². The van der Waals surface area contributed by atoms with E-state index in [2.05, 4.69) is 15.6 Å². The van der Waals surface area contributed by atoms with Gasteiger partial charge in [-0.25, -0.2) is 15.0 Å². The molecule has 1 atom stereocenters. The highest BCUT2D eigenvalue weighted by molar-refractivity contribution is 5.86. The Bertz CT molecular complexity index is 859. The molecule has 1 aliphatic carbocycles. The van der Waals surface area contributed by atoms with Crippen LogP contribution in [0.25, 0.3) is 10.9 Å². The van der Waals surface area contributed by atoms with Crippen LogP contribution in [0.2, 0.25) is 0 Å². The van der Waals surface area contributed by atoms with Crippen LogP contribution in [0.5, 0.6) is 5.88 Å². The summed E-state index contributed by atoms with van der Waals surface area (Å²) in [5, 5.41) is 17.6. The number of aliphatic hydroxyl groups is 1. The third kappa shape index (κ3) is 4.36. The molecule has 1 saturated carbocycles. The van der Waals surface area contributed by atoms with Crippen molar-refractivity contribution in [3.8, 4) is 5.88 Å². The second kappa shape index (κ2) is 8.99. The van der Waals surface area contributed by atoms with Crippen LogP contribution in [0.1, 0.15) is 56.4 Å². The third-order valence-corrected chi connectivity index (χ3v) is 6.59. The van der Waals surface area contributed by atoms with Gasteiger partial charge in [0.05, 0.1) is 30.2 Å². The number of pyridine rings is 1. The van der Waals surface area contributed by atoms with Crippen LogP contribution >= 0.6 is 0 Å². The van der Waals surface area contributed by atoms with Crippen molar-refractivity contribution in [1.82, 2.24) is 20.3 Å². The van der Waals surface area contributed by atoms with Crippen LogP contribution in [0.15, 0.2) is 12.4 Å². The van der Waals surface area contributed by atoms with E-state index < -0.39 is 0 Å². The van der Waals surface area contributed by atoms with E-state index in [1.165, 1.54) is 0 Å². The molecule has 2 aromatic heterocycles. The second-order valence-corrected chi connectivity index (χ2v) is 8.74. The Morgan fingerprint density at radius 1 is 1.03 bits per heavy atom. The maximum Gasteiger partial charge on any atom is 0.224 e. The van der Waals surface area contributed by atoms with E-state index in [1.54, 1.807) is 0 Å². The molecule has 3 aliphatic rings. The lowest BCUT2D eigenvalue weighted by molar-refractivity contribution is 0.0244. The van der Waals surface area contributed by atoms with Gasteiger partial charge in [0.2, 0.25) is 11.8 Å². The van der Waals surface area contributed by atoms with E-state index >= 15 is 0 Å². The molecule has 0 amide bonds. The zero-order chi connectivity index (χ0) is 20.3. The number of rotatable bonds is 5. The maximum absolute atomic E-state index is 9.93. The molecular formula is C22H31N5O3.